The van der Waals surface area contributed by atoms with Gasteiger partial charge in [-0.3, -0.25) is 9.10 Å². The highest BCUT2D eigenvalue weighted by atomic mass is 32.2. The van der Waals surface area contributed by atoms with Crippen LogP contribution in [0.25, 0.3) is 0 Å². The molecule has 28 heavy (non-hydrogen) atoms. The van der Waals surface area contributed by atoms with Crippen LogP contribution in [-0.2, 0) is 26.0 Å². The van der Waals surface area contributed by atoms with Gasteiger partial charge in [0.25, 0.3) is 5.91 Å². The van der Waals surface area contributed by atoms with Crippen LogP contribution in [0.3, 0.4) is 0 Å². The summed E-state index contributed by atoms with van der Waals surface area (Å²) in [4.78, 5) is 25.3. The van der Waals surface area contributed by atoms with E-state index in [0.717, 1.165) is 16.7 Å². The first-order valence-corrected chi connectivity index (χ1v) is 11.6. The first kappa shape index (κ1) is 20.2. The van der Waals surface area contributed by atoms with Gasteiger partial charge in [0.2, 0.25) is 10.0 Å². The Morgan fingerprint density at radius 2 is 1.89 bits per heavy atom. The van der Waals surface area contributed by atoms with E-state index in [1.54, 1.807) is 36.0 Å². The second kappa shape index (κ2) is 8.24. The third kappa shape index (κ3) is 4.66. The lowest BCUT2D eigenvalue weighted by Crippen LogP contribution is -2.27. The van der Waals surface area contributed by atoms with E-state index in [1.807, 2.05) is 18.4 Å². The number of sulfonamides is 1. The number of rotatable bonds is 6. The third-order valence-corrected chi connectivity index (χ3v) is 6.20. The Bertz CT molecular complexity index is 1000. The molecule has 0 saturated heterocycles. The molecule has 1 aliphatic rings. The Kier molecular flexibility index (Phi) is 5.95. The smallest absolute Gasteiger partial charge is 0.338 e. The summed E-state index contributed by atoms with van der Waals surface area (Å²) in [6.45, 7) is -0.0555. The number of amides is 1. The van der Waals surface area contributed by atoms with Gasteiger partial charge < -0.3 is 10.1 Å². The SMILES string of the molecule is CSc1ccc(NC(=O)COC(=O)c2ccc3c(c2)CCN3S(C)(=O)=O)cc1. The summed E-state index contributed by atoms with van der Waals surface area (Å²) in [6, 6.07) is 12.0. The van der Waals surface area contributed by atoms with Crippen LogP contribution in [-0.4, -0.2) is 46.0 Å². The predicted octanol–water partition coefficient (Wildman–Crippen LogP) is 2.53. The molecule has 0 atom stereocenters. The number of ether oxygens (including phenoxy) is 1. The molecule has 148 valence electrons. The maximum absolute atomic E-state index is 12.2. The van der Waals surface area contributed by atoms with E-state index in [-0.39, 0.29) is 5.56 Å². The average molecular weight is 421 g/mol. The highest BCUT2D eigenvalue weighted by Gasteiger charge is 2.27. The van der Waals surface area contributed by atoms with Gasteiger partial charge in [-0.2, -0.15) is 0 Å². The summed E-state index contributed by atoms with van der Waals surface area (Å²) in [5, 5.41) is 2.67. The molecule has 3 rings (SSSR count). The minimum absolute atomic E-state index is 0.284. The lowest BCUT2D eigenvalue weighted by Gasteiger charge is -2.16. The van der Waals surface area contributed by atoms with E-state index >= 15 is 0 Å². The minimum Gasteiger partial charge on any atom is -0.452 e. The van der Waals surface area contributed by atoms with Crippen molar-refractivity contribution in [1.29, 1.82) is 0 Å². The summed E-state index contributed by atoms with van der Waals surface area (Å²) in [5.74, 6) is -1.07. The molecule has 0 spiro atoms. The second-order valence-electron chi connectivity index (χ2n) is 6.28. The van der Waals surface area contributed by atoms with E-state index < -0.39 is 28.5 Å². The molecule has 2 aromatic carbocycles. The number of nitrogens with zero attached hydrogens (tertiary/aromatic N) is 1. The molecule has 7 nitrogen and oxygen atoms in total. The van der Waals surface area contributed by atoms with Gasteiger partial charge in [0.05, 0.1) is 17.5 Å². The fourth-order valence-electron chi connectivity index (χ4n) is 2.93. The maximum atomic E-state index is 12.2. The average Bonchev–Trinajstić information content (AvgIpc) is 3.10. The highest BCUT2D eigenvalue weighted by Crippen LogP contribution is 2.30. The number of esters is 1. The molecule has 0 bridgehead atoms. The Hall–Kier alpha value is -2.52. The second-order valence-corrected chi connectivity index (χ2v) is 9.07. The first-order chi connectivity index (χ1) is 13.3. The van der Waals surface area contributed by atoms with Crippen LogP contribution in [0, 0.1) is 0 Å². The van der Waals surface area contributed by atoms with Gasteiger partial charge in [0.1, 0.15) is 0 Å². The number of benzene rings is 2. The van der Waals surface area contributed by atoms with Crippen LogP contribution >= 0.6 is 11.8 Å². The number of hydrogen-bond donors (Lipinski definition) is 1. The standard InChI is InChI=1S/C19H20N2O5S2/c1-27-16-6-4-15(5-7-16)20-18(22)12-26-19(23)14-3-8-17-13(11-14)9-10-21(17)28(2,24)25/h3-8,11H,9-10,12H2,1-2H3,(H,20,22). The van der Waals surface area contributed by atoms with Crippen molar-refractivity contribution in [2.45, 2.75) is 11.3 Å². The number of hydrogen-bond acceptors (Lipinski definition) is 6. The molecule has 0 aromatic heterocycles. The molecule has 0 fully saturated rings. The van der Waals surface area contributed by atoms with Crippen molar-refractivity contribution < 1.29 is 22.7 Å². The molecular formula is C19H20N2O5S2. The lowest BCUT2D eigenvalue weighted by atomic mass is 10.1. The predicted molar refractivity (Wildman–Crippen MR) is 109 cm³/mol. The van der Waals surface area contributed by atoms with E-state index in [9.17, 15) is 18.0 Å². The first-order valence-electron chi connectivity index (χ1n) is 8.49. The third-order valence-electron chi connectivity index (χ3n) is 4.28. The van der Waals surface area contributed by atoms with Crippen LogP contribution in [0.15, 0.2) is 47.4 Å². The van der Waals surface area contributed by atoms with Gasteiger partial charge in [-0.1, -0.05) is 0 Å². The Balaban J connectivity index is 1.58. The van der Waals surface area contributed by atoms with Crippen molar-refractivity contribution in [2.24, 2.45) is 0 Å². The van der Waals surface area contributed by atoms with Crippen molar-refractivity contribution >= 4 is 45.0 Å². The fourth-order valence-corrected chi connectivity index (χ4v) is 4.30. The zero-order valence-corrected chi connectivity index (χ0v) is 17.1. The van der Waals surface area contributed by atoms with Gasteiger partial charge in [0, 0.05) is 17.1 Å². The molecule has 0 unspecified atom stereocenters. The molecule has 1 heterocycles. The van der Waals surface area contributed by atoms with E-state index in [2.05, 4.69) is 5.32 Å². The molecule has 9 heteroatoms. The number of thioether (sulfide) groups is 1. The Morgan fingerprint density at radius 1 is 1.18 bits per heavy atom. The zero-order valence-electron chi connectivity index (χ0n) is 15.5. The van der Waals surface area contributed by atoms with Crippen molar-refractivity contribution in [3.63, 3.8) is 0 Å². The van der Waals surface area contributed by atoms with Gasteiger partial charge in [-0.15, -0.1) is 11.8 Å². The van der Waals surface area contributed by atoms with Gasteiger partial charge >= 0.3 is 5.97 Å². The molecular weight excluding hydrogens is 400 g/mol. The Morgan fingerprint density at radius 3 is 2.54 bits per heavy atom. The van der Waals surface area contributed by atoms with Gasteiger partial charge in [-0.05, 0) is 60.7 Å². The molecule has 1 amide bonds. The highest BCUT2D eigenvalue weighted by molar-refractivity contribution is 7.98. The lowest BCUT2D eigenvalue weighted by molar-refractivity contribution is -0.119. The van der Waals surface area contributed by atoms with E-state index in [4.69, 9.17) is 4.74 Å². The summed E-state index contributed by atoms with van der Waals surface area (Å²) in [5.41, 5.74) is 2.24. The van der Waals surface area contributed by atoms with Crippen LogP contribution in [0.2, 0.25) is 0 Å². The summed E-state index contributed by atoms with van der Waals surface area (Å²) >= 11 is 1.60. The molecule has 1 aliphatic heterocycles. The molecule has 2 aromatic rings. The van der Waals surface area contributed by atoms with Crippen molar-refractivity contribution in [3.8, 4) is 0 Å². The van der Waals surface area contributed by atoms with Gasteiger partial charge in [-0.25, -0.2) is 13.2 Å². The molecule has 0 aliphatic carbocycles. The van der Waals surface area contributed by atoms with Gasteiger partial charge in [0.15, 0.2) is 6.61 Å². The van der Waals surface area contributed by atoms with E-state index in [0.29, 0.717) is 24.3 Å². The normalized spacial score (nSPS) is 13.1. The summed E-state index contributed by atoms with van der Waals surface area (Å²) in [6.07, 6.45) is 3.64. The van der Waals surface area contributed by atoms with Crippen molar-refractivity contribution in [2.75, 3.05) is 35.3 Å². The molecule has 1 N–H and O–H groups in total. The zero-order chi connectivity index (χ0) is 20.3. The molecule has 0 radical (unpaired) electrons. The van der Waals surface area contributed by atoms with Crippen LogP contribution in [0.1, 0.15) is 15.9 Å². The number of fused-ring (bicyclic) bond motifs is 1. The van der Waals surface area contributed by atoms with Crippen molar-refractivity contribution in [3.05, 3.63) is 53.6 Å². The number of carbonyl (C=O) groups excluding carboxylic acids is 2. The van der Waals surface area contributed by atoms with E-state index in [1.165, 1.54) is 10.4 Å². The molecule has 0 saturated carbocycles. The topological polar surface area (TPSA) is 92.8 Å². The largest absolute Gasteiger partial charge is 0.452 e. The summed E-state index contributed by atoms with van der Waals surface area (Å²) < 4.78 is 29.9. The minimum atomic E-state index is -3.34. The number of carbonyl (C=O) groups is 2. The monoisotopic (exact) mass is 420 g/mol. The number of anilines is 2. The number of nitrogens with one attached hydrogen (secondary N) is 1. The summed E-state index contributed by atoms with van der Waals surface area (Å²) in [7, 11) is -3.34. The fraction of sp³-hybridized carbons (Fsp3) is 0.263. The van der Waals surface area contributed by atoms with Crippen LogP contribution in [0.4, 0.5) is 11.4 Å². The maximum Gasteiger partial charge on any atom is 0.338 e. The quantitative estimate of drug-likeness (QED) is 0.570. The van der Waals surface area contributed by atoms with Crippen molar-refractivity contribution in [1.82, 2.24) is 0 Å². The Labute approximate surface area is 168 Å². The van der Waals surface area contributed by atoms with Crippen LogP contribution in [0.5, 0.6) is 0 Å². The van der Waals surface area contributed by atoms with Crippen LogP contribution < -0.4 is 9.62 Å².